The number of aromatic nitrogens is 3. The fraction of sp³-hybridized carbons (Fsp3) is 0.143. The zero-order valence-electron chi connectivity index (χ0n) is 10.6. The molecule has 0 saturated heterocycles. The summed E-state index contributed by atoms with van der Waals surface area (Å²) in [6.45, 7) is 2.02. The number of rotatable bonds is 2. The van der Waals surface area contributed by atoms with Crippen molar-refractivity contribution in [3.63, 3.8) is 0 Å². The summed E-state index contributed by atoms with van der Waals surface area (Å²) >= 11 is 3.35. The van der Waals surface area contributed by atoms with E-state index >= 15 is 0 Å². The lowest BCUT2D eigenvalue weighted by molar-refractivity contribution is 0.412. The smallest absolute Gasteiger partial charge is 0.154 e. The van der Waals surface area contributed by atoms with Crippen LogP contribution >= 0.6 is 15.9 Å². The van der Waals surface area contributed by atoms with Crippen molar-refractivity contribution in [2.75, 3.05) is 7.11 Å². The summed E-state index contributed by atoms with van der Waals surface area (Å²) in [4.78, 5) is 4.29. The van der Waals surface area contributed by atoms with Crippen molar-refractivity contribution in [1.82, 2.24) is 14.6 Å². The third kappa shape index (κ3) is 2.21. The van der Waals surface area contributed by atoms with Crippen LogP contribution in [0, 0.1) is 6.92 Å². The van der Waals surface area contributed by atoms with Gasteiger partial charge < -0.3 is 4.74 Å². The van der Waals surface area contributed by atoms with E-state index in [9.17, 15) is 0 Å². The second-order valence-corrected chi connectivity index (χ2v) is 5.08. The summed E-state index contributed by atoms with van der Waals surface area (Å²) in [5, 5.41) is 4.55. The molecule has 5 heteroatoms. The summed E-state index contributed by atoms with van der Waals surface area (Å²) < 4.78 is 7.81. The van der Waals surface area contributed by atoms with Crippen LogP contribution in [0.5, 0.6) is 5.75 Å². The monoisotopic (exact) mass is 317 g/mol. The first-order valence-electron chi connectivity index (χ1n) is 5.84. The predicted molar refractivity (Wildman–Crippen MR) is 77.4 cm³/mol. The van der Waals surface area contributed by atoms with E-state index in [2.05, 4.69) is 32.1 Å². The molecule has 4 nitrogen and oxygen atoms in total. The van der Waals surface area contributed by atoms with Crippen molar-refractivity contribution >= 4 is 21.6 Å². The van der Waals surface area contributed by atoms with E-state index < -0.39 is 0 Å². The highest BCUT2D eigenvalue weighted by Crippen LogP contribution is 2.25. The molecule has 0 unspecified atom stereocenters. The molecule has 3 aromatic rings. The van der Waals surface area contributed by atoms with Crippen molar-refractivity contribution in [1.29, 1.82) is 0 Å². The minimum Gasteiger partial charge on any atom is -0.496 e. The highest BCUT2D eigenvalue weighted by Gasteiger charge is 2.06. The van der Waals surface area contributed by atoms with Crippen molar-refractivity contribution in [3.05, 3.63) is 46.7 Å². The van der Waals surface area contributed by atoms with Crippen LogP contribution in [0.1, 0.15) is 5.56 Å². The van der Waals surface area contributed by atoms with Gasteiger partial charge in [-0.2, -0.15) is 5.10 Å². The lowest BCUT2D eigenvalue weighted by Gasteiger charge is -2.07. The van der Waals surface area contributed by atoms with Gasteiger partial charge in [0.1, 0.15) is 10.4 Å². The summed E-state index contributed by atoms with van der Waals surface area (Å²) in [5.74, 6) is 0.884. The number of fused-ring (bicyclic) bond motifs is 1. The standard InChI is InChI=1S/C14H12BrN3O/c1-9-7-10(3-5-12(9)19-2)11-4-6-14-16-13(15)8-18(14)17-11/h3-8H,1-2H3. The molecule has 19 heavy (non-hydrogen) atoms. The van der Waals surface area contributed by atoms with Crippen LogP contribution < -0.4 is 4.74 Å². The number of halogens is 1. The molecule has 0 aliphatic carbocycles. The third-order valence-electron chi connectivity index (χ3n) is 2.98. The average Bonchev–Trinajstić information content (AvgIpc) is 2.77. The van der Waals surface area contributed by atoms with Gasteiger partial charge in [-0.05, 0) is 58.7 Å². The van der Waals surface area contributed by atoms with Gasteiger partial charge in [-0.15, -0.1) is 0 Å². The Labute approximate surface area is 119 Å². The highest BCUT2D eigenvalue weighted by atomic mass is 79.9. The Morgan fingerprint density at radius 2 is 2.05 bits per heavy atom. The molecule has 3 rings (SSSR count). The Morgan fingerprint density at radius 3 is 2.79 bits per heavy atom. The van der Waals surface area contributed by atoms with Crippen molar-refractivity contribution < 1.29 is 4.74 Å². The molecule has 0 spiro atoms. The number of hydrogen-bond donors (Lipinski definition) is 0. The SMILES string of the molecule is COc1ccc(-c2ccc3nc(Br)cn3n2)cc1C. The molecule has 2 heterocycles. The zero-order valence-corrected chi connectivity index (χ0v) is 12.2. The van der Waals surface area contributed by atoms with Gasteiger partial charge in [0, 0.05) is 5.56 Å². The first-order valence-corrected chi connectivity index (χ1v) is 6.63. The number of ether oxygens (including phenoxy) is 1. The first-order chi connectivity index (χ1) is 9.17. The molecular formula is C14H12BrN3O. The zero-order chi connectivity index (χ0) is 13.4. The number of hydrogen-bond acceptors (Lipinski definition) is 3. The Kier molecular flexibility index (Phi) is 2.98. The number of benzene rings is 1. The predicted octanol–water partition coefficient (Wildman–Crippen LogP) is 3.48. The van der Waals surface area contributed by atoms with Gasteiger partial charge in [-0.25, -0.2) is 9.50 Å². The number of nitrogens with zero attached hydrogens (tertiary/aromatic N) is 3. The normalized spacial score (nSPS) is 10.9. The molecule has 0 amide bonds. The Morgan fingerprint density at radius 1 is 1.21 bits per heavy atom. The maximum absolute atomic E-state index is 5.27. The molecule has 0 fully saturated rings. The average molecular weight is 318 g/mol. The first kappa shape index (κ1) is 12.2. The Balaban J connectivity index is 2.10. The molecule has 0 aliphatic heterocycles. The lowest BCUT2D eigenvalue weighted by Crippen LogP contribution is -1.94. The van der Waals surface area contributed by atoms with Crippen LogP contribution in [0.3, 0.4) is 0 Å². The van der Waals surface area contributed by atoms with Gasteiger partial charge in [-0.1, -0.05) is 0 Å². The summed E-state index contributed by atoms with van der Waals surface area (Å²) in [7, 11) is 1.68. The van der Waals surface area contributed by atoms with Gasteiger partial charge in [0.25, 0.3) is 0 Å². The topological polar surface area (TPSA) is 39.4 Å². The van der Waals surface area contributed by atoms with Crippen LogP contribution in [-0.2, 0) is 0 Å². The number of methoxy groups -OCH3 is 1. The van der Waals surface area contributed by atoms with Gasteiger partial charge >= 0.3 is 0 Å². The van der Waals surface area contributed by atoms with Crippen molar-refractivity contribution in [2.45, 2.75) is 6.92 Å². The largest absolute Gasteiger partial charge is 0.496 e. The van der Waals surface area contributed by atoms with Crippen molar-refractivity contribution in [3.8, 4) is 17.0 Å². The van der Waals surface area contributed by atoms with E-state index in [1.165, 1.54) is 0 Å². The van der Waals surface area contributed by atoms with Crippen LogP contribution in [0.4, 0.5) is 0 Å². The fourth-order valence-corrected chi connectivity index (χ4v) is 2.42. The second-order valence-electron chi connectivity index (χ2n) is 4.27. The van der Waals surface area contributed by atoms with Crippen LogP contribution in [-0.4, -0.2) is 21.7 Å². The van der Waals surface area contributed by atoms with Gasteiger partial charge in [-0.3, -0.25) is 0 Å². The minimum atomic E-state index is 0.781. The second kappa shape index (κ2) is 4.66. The van der Waals surface area contributed by atoms with Crippen LogP contribution in [0.15, 0.2) is 41.1 Å². The highest BCUT2D eigenvalue weighted by molar-refractivity contribution is 9.10. The number of aryl methyl sites for hydroxylation is 1. The lowest BCUT2D eigenvalue weighted by atomic mass is 10.1. The molecule has 96 valence electrons. The molecule has 0 bridgehead atoms. The molecule has 0 atom stereocenters. The Bertz CT molecular complexity index is 752. The quantitative estimate of drug-likeness (QED) is 0.726. The maximum Gasteiger partial charge on any atom is 0.154 e. The Hall–Kier alpha value is -1.88. The molecule has 0 radical (unpaired) electrons. The molecule has 1 aromatic carbocycles. The minimum absolute atomic E-state index is 0.781. The summed E-state index contributed by atoms with van der Waals surface area (Å²) in [6, 6.07) is 9.95. The van der Waals surface area contributed by atoms with E-state index in [-0.39, 0.29) is 0 Å². The molecule has 2 aromatic heterocycles. The fourth-order valence-electron chi connectivity index (χ4n) is 2.04. The third-order valence-corrected chi connectivity index (χ3v) is 3.36. The molecule has 0 aliphatic rings. The number of imidazole rings is 1. The van der Waals surface area contributed by atoms with E-state index in [1.807, 2.05) is 37.4 Å². The van der Waals surface area contributed by atoms with Gasteiger partial charge in [0.05, 0.1) is 19.0 Å². The molecule has 0 N–H and O–H groups in total. The molecular weight excluding hydrogens is 306 g/mol. The van der Waals surface area contributed by atoms with Gasteiger partial charge in [0.15, 0.2) is 5.65 Å². The van der Waals surface area contributed by atoms with E-state index in [0.717, 1.165) is 32.8 Å². The summed E-state index contributed by atoms with van der Waals surface area (Å²) in [5.41, 5.74) is 3.88. The van der Waals surface area contributed by atoms with E-state index in [4.69, 9.17) is 4.74 Å². The van der Waals surface area contributed by atoms with E-state index in [0.29, 0.717) is 0 Å². The molecule has 0 saturated carbocycles. The van der Waals surface area contributed by atoms with Crippen LogP contribution in [0.25, 0.3) is 16.9 Å². The van der Waals surface area contributed by atoms with Crippen LogP contribution in [0.2, 0.25) is 0 Å². The van der Waals surface area contributed by atoms with Crippen molar-refractivity contribution in [2.24, 2.45) is 0 Å². The van der Waals surface area contributed by atoms with E-state index in [1.54, 1.807) is 11.6 Å². The maximum atomic E-state index is 5.27. The van der Waals surface area contributed by atoms with Gasteiger partial charge in [0.2, 0.25) is 0 Å². The summed E-state index contributed by atoms with van der Waals surface area (Å²) in [6.07, 6.45) is 1.84.